The largest absolute Gasteiger partial charge is 0.480 e. The zero-order valence-corrected chi connectivity index (χ0v) is 9.78. The lowest BCUT2D eigenvalue weighted by Crippen LogP contribution is -2.59. The number of aliphatic hydroxyl groups is 2. The molecule has 0 bridgehead atoms. The molecule has 1 rings (SSSR count). The van der Waals surface area contributed by atoms with Crippen LogP contribution >= 0.6 is 0 Å². The molecule has 3 N–H and O–H groups in total. The molecule has 1 saturated heterocycles. The molecule has 17 heavy (non-hydrogen) atoms. The van der Waals surface area contributed by atoms with E-state index in [1.54, 1.807) is 6.92 Å². The van der Waals surface area contributed by atoms with Crippen molar-refractivity contribution in [2.24, 2.45) is 0 Å². The molecule has 5 unspecified atom stereocenters. The van der Waals surface area contributed by atoms with Gasteiger partial charge in [0.1, 0.15) is 24.9 Å². The molecule has 1 aliphatic rings. The molecule has 1 fully saturated rings. The van der Waals surface area contributed by atoms with Crippen LogP contribution < -0.4 is 0 Å². The molecular formula is C10H18O7. The maximum absolute atomic E-state index is 10.4. The van der Waals surface area contributed by atoms with Crippen molar-refractivity contribution in [3.8, 4) is 0 Å². The number of hydrogen-bond donors (Lipinski definition) is 3. The number of methoxy groups -OCH3 is 1. The summed E-state index contributed by atoms with van der Waals surface area (Å²) >= 11 is 0. The lowest BCUT2D eigenvalue weighted by Gasteiger charge is -2.41. The molecule has 7 heteroatoms. The monoisotopic (exact) mass is 250 g/mol. The van der Waals surface area contributed by atoms with E-state index in [4.69, 9.17) is 19.3 Å². The Morgan fingerprint density at radius 3 is 2.47 bits per heavy atom. The normalized spacial score (nSPS) is 38.0. The Kier molecular flexibility index (Phi) is 5.29. The van der Waals surface area contributed by atoms with Gasteiger partial charge >= 0.3 is 5.97 Å². The van der Waals surface area contributed by atoms with Gasteiger partial charge in [-0.2, -0.15) is 0 Å². The summed E-state index contributed by atoms with van der Waals surface area (Å²) in [4.78, 5) is 10.4. The summed E-state index contributed by atoms with van der Waals surface area (Å²) in [6.07, 6.45) is -4.32. The summed E-state index contributed by atoms with van der Waals surface area (Å²) in [5, 5.41) is 28.1. The first-order valence-electron chi connectivity index (χ1n) is 5.39. The number of carbonyl (C=O) groups is 1. The van der Waals surface area contributed by atoms with Crippen LogP contribution in [0.15, 0.2) is 0 Å². The number of aliphatic carboxylic acids is 1. The minimum absolute atomic E-state index is 0.504. The molecule has 0 saturated carbocycles. The second-order valence-corrected chi connectivity index (χ2v) is 3.84. The van der Waals surface area contributed by atoms with Crippen molar-refractivity contribution >= 4 is 5.97 Å². The van der Waals surface area contributed by atoms with Crippen molar-refractivity contribution in [2.75, 3.05) is 13.7 Å². The third-order valence-corrected chi connectivity index (χ3v) is 2.68. The molecule has 1 heterocycles. The van der Waals surface area contributed by atoms with Crippen LogP contribution in [0.4, 0.5) is 0 Å². The van der Waals surface area contributed by atoms with Crippen LogP contribution in [0.1, 0.15) is 13.3 Å². The summed E-state index contributed by atoms with van der Waals surface area (Å²) in [5.74, 6) is -1.17. The Bertz CT molecular complexity index is 255. The zero-order valence-electron chi connectivity index (χ0n) is 9.78. The highest BCUT2D eigenvalue weighted by Gasteiger charge is 2.44. The van der Waals surface area contributed by atoms with Gasteiger partial charge in [-0.1, -0.05) is 6.92 Å². The minimum Gasteiger partial charge on any atom is -0.480 e. The Labute approximate surface area is 98.9 Å². The van der Waals surface area contributed by atoms with Gasteiger partial charge in [-0.05, 0) is 6.42 Å². The van der Waals surface area contributed by atoms with Crippen LogP contribution in [0.3, 0.4) is 0 Å². The number of carboxylic acid groups (broad SMARTS) is 1. The van der Waals surface area contributed by atoms with Crippen LogP contribution in [0.2, 0.25) is 0 Å². The summed E-state index contributed by atoms with van der Waals surface area (Å²) in [5.41, 5.74) is 0. The van der Waals surface area contributed by atoms with E-state index in [-0.39, 0.29) is 0 Å². The number of ether oxygens (including phenoxy) is 3. The lowest BCUT2D eigenvalue weighted by atomic mass is 9.97. The summed E-state index contributed by atoms with van der Waals surface area (Å²) < 4.78 is 15.3. The third kappa shape index (κ3) is 3.36. The predicted molar refractivity (Wildman–Crippen MR) is 55.4 cm³/mol. The smallest absolute Gasteiger partial charge is 0.329 e. The van der Waals surface area contributed by atoms with Gasteiger partial charge in [-0.25, -0.2) is 4.79 Å². The molecule has 0 aromatic carbocycles. The maximum atomic E-state index is 10.4. The van der Waals surface area contributed by atoms with E-state index in [9.17, 15) is 15.0 Å². The van der Waals surface area contributed by atoms with Gasteiger partial charge in [-0.15, -0.1) is 0 Å². The first kappa shape index (κ1) is 14.3. The molecule has 0 radical (unpaired) electrons. The molecule has 0 amide bonds. The average molecular weight is 250 g/mol. The Balaban J connectivity index is 2.68. The molecule has 5 atom stereocenters. The van der Waals surface area contributed by atoms with Crippen LogP contribution in [0, 0.1) is 0 Å². The van der Waals surface area contributed by atoms with Crippen molar-refractivity contribution in [2.45, 2.75) is 44.1 Å². The van der Waals surface area contributed by atoms with Gasteiger partial charge in [0.05, 0.1) is 6.10 Å². The number of hydrogen-bond acceptors (Lipinski definition) is 6. The first-order chi connectivity index (χ1) is 8.01. The molecule has 100 valence electrons. The fourth-order valence-electron chi connectivity index (χ4n) is 1.78. The van der Waals surface area contributed by atoms with Crippen molar-refractivity contribution in [3.05, 3.63) is 0 Å². The highest BCUT2D eigenvalue weighted by molar-refractivity contribution is 5.68. The molecule has 7 nitrogen and oxygen atoms in total. The highest BCUT2D eigenvalue weighted by atomic mass is 16.7. The van der Waals surface area contributed by atoms with Gasteiger partial charge in [0.15, 0.2) is 6.29 Å². The third-order valence-electron chi connectivity index (χ3n) is 2.68. The first-order valence-corrected chi connectivity index (χ1v) is 5.39. The van der Waals surface area contributed by atoms with E-state index in [1.807, 2.05) is 0 Å². The van der Waals surface area contributed by atoms with E-state index in [1.165, 1.54) is 7.11 Å². The average Bonchev–Trinajstić information content (AvgIpc) is 2.30. The quantitative estimate of drug-likeness (QED) is 0.572. The summed E-state index contributed by atoms with van der Waals surface area (Å²) in [7, 11) is 1.36. The molecule has 0 aromatic heterocycles. The van der Waals surface area contributed by atoms with E-state index >= 15 is 0 Å². The predicted octanol–water partition coefficient (Wildman–Crippen LogP) is -1.04. The molecule has 1 aliphatic heterocycles. The standard InChI is InChI=1S/C10H18O7/c1-3-5-7(13)8(14)9(10(15-2)17-5)16-4-6(11)12/h5,7-10,13-14H,3-4H2,1-2H3,(H,11,12). The van der Waals surface area contributed by atoms with Crippen LogP contribution in [-0.2, 0) is 19.0 Å². The van der Waals surface area contributed by atoms with Gasteiger partial charge in [0.2, 0.25) is 0 Å². The van der Waals surface area contributed by atoms with E-state index in [0.717, 1.165) is 0 Å². The Hall–Kier alpha value is -0.730. The highest BCUT2D eigenvalue weighted by Crippen LogP contribution is 2.25. The van der Waals surface area contributed by atoms with E-state index in [0.29, 0.717) is 6.42 Å². The van der Waals surface area contributed by atoms with Crippen molar-refractivity contribution in [1.82, 2.24) is 0 Å². The van der Waals surface area contributed by atoms with Gasteiger partial charge in [-0.3, -0.25) is 0 Å². The fraction of sp³-hybridized carbons (Fsp3) is 0.900. The van der Waals surface area contributed by atoms with Crippen LogP contribution in [-0.4, -0.2) is 65.7 Å². The van der Waals surface area contributed by atoms with Gasteiger partial charge < -0.3 is 29.5 Å². The SMILES string of the molecule is CCC1OC(OC)C(OCC(=O)O)C(O)C1O. The second kappa shape index (κ2) is 6.27. The zero-order chi connectivity index (χ0) is 13.0. The molecular weight excluding hydrogens is 232 g/mol. The molecule has 0 aliphatic carbocycles. The summed E-state index contributed by atoms with van der Waals surface area (Å²) in [6, 6.07) is 0. The maximum Gasteiger partial charge on any atom is 0.329 e. The van der Waals surface area contributed by atoms with Crippen LogP contribution in [0.5, 0.6) is 0 Å². The van der Waals surface area contributed by atoms with Crippen molar-refractivity contribution < 1.29 is 34.3 Å². The topological polar surface area (TPSA) is 105 Å². The molecule has 0 spiro atoms. The number of aliphatic hydroxyl groups excluding tert-OH is 2. The Morgan fingerprint density at radius 2 is 2.00 bits per heavy atom. The number of carboxylic acids is 1. The van der Waals surface area contributed by atoms with Gasteiger partial charge in [0.25, 0.3) is 0 Å². The number of rotatable bonds is 5. The second-order valence-electron chi connectivity index (χ2n) is 3.84. The van der Waals surface area contributed by atoms with Crippen molar-refractivity contribution in [3.63, 3.8) is 0 Å². The van der Waals surface area contributed by atoms with Crippen LogP contribution in [0.25, 0.3) is 0 Å². The summed E-state index contributed by atoms with van der Waals surface area (Å²) in [6.45, 7) is 1.21. The van der Waals surface area contributed by atoms with Gasteiger partial charge in [0, 0.05) is 7.11 Å². The fourth-order valence-corrected chi connectivity index (χ4v) is 1.78. The minimum atomic E-state index is -1.24. The van der Waals surface area contributed by atoms with E-state index in [2.05, 4.69) is 0 Å². The molecule has 0 aromatic rings. The Morgan fingerprint density at radius 1 is 1.35 bits per heavy atom. The lowest BCUT2D eigenvalue weighted by molar-refractivity contribution is -0.299. The van der Waals surface area contributed by atoms with E-state index < -0.39 is 43.3 Å². The van der Waals surface area contributed by atoms with Crippen molar-refractivity contribution in [1.29, 1.82) is 0 Å².